The predicted octanol–water partition coefficient (Wildman–Crippen LogP) is 1.84. The average molecular weight is 353 g/mol. The van der Waals surface area contributed by atoms with Gasteiger partial charge in [0.1, 0.15) is 0 Å². The van der Waals surface area contributed by atoms with E-state index in [2.05, 4.69) is 47.1 Å². The molecule has 1 aromatic carbocycles. The second-order valence-corrected chi connectivity index (χ2v) is 7.06. The van der Waals surface area contributed by atoms with Gasteiger partial charge in [-0.1, -0.05) is 12.1 Å². The lowest BCUT2D eigenvalue weighted by atomic mass is 10.1. The van der Waals surface area contributed by atoms with E-state index in [9.17, 15) is 4.79 Å². The Morgan fingerprint density at radius 2 is 1.73 bits per heavy atom. The molecule has 26 heavy (non-hydrogen) atoms. The lowest BCUT2D eigenvalue weighted by Crippen LogP contribution is -2.31. The van der Waals surface area contributed by atoms with Gasteiger partial charge in [0.2, 0.25) is 0 Å². The van der Waals surface area contributed by atoms with Gasteiger partial charge in [-0.25, -0.2) is 4.79 Å². The number of aryl methyl sites for hydroxylation is 2. The van der Waals surface area contributed by atoms with Gasteiger partial charge in [-0.15, -0.1) is 0 Å². The third kappa shape index (κ3) is 4.03. The maximum atomic E-state index is 12.1. The first-order valence-corrected chi connectivity index (χ1v) is 8.87. The van der Waals surface area contributed by atoms with Gasteiger partial charge in [0.25, 0.3) is 0 Å². The van der Waals surface area contributed by atoms with Crippen molar-refractivity contribution in [2.75, 3.05) is 27.2 Å². The molecule has 0 amide bonds. The normalized spacial score (nSPS) is 11.8. The highest BCUT2D eigenvalue weighted by Crippen LogP contribution is 2.16. The summed E-state index contributed by atoms with van der Waals surface area (Å²) in [5, 5.41) is 0. The number of pyridine rings is 1. The van der Waals surface area contributed by atoms with Crippen LogP contribution in [-0.4, -0.2) is 51.1 Å². The summed E-state index contributed by atoms with van der Waals surface area (Å²) in [4.78, 5) is 21.2. The van der Waals surface area contributed by atoms with E-state index in [0.717, 1.165) is 42.9 Å². The molecule has 138 valence electrons. The first-order chi connectivity index (χ1) is 12.5. The van der Waals surface area contributed by atoms with Crippen LogP contribution >= 0.6 is 0 Å². The number of benzene rings is 1. The number of nitrogens with zero attached hydrogens (tertiary/aromatic N) is 5. The molecule has 0 bridgehead atoms. The minimum absolute atomic E-state index is 0.00935. The number of hydrogen-bond donors (Lipinski definition) is 0. The summed E-state index contributed by atoms with van der Waals surface area (Å²) >= 11 is 0. The number of likely N-dealkylation sites (N-methyl/N-ethyl adjacent to an activating group) is 1. The van der Waals surface area contributed by atoms with Crippen LogP contribution in [0.25, 0.3) is 11.0 Å². The lowest BCUT2D eigenvalue weighted by molar-refractivity contribution is 0.224. The fraction of sp³-hybridized carbons (Fsp3) is 0.400. The van der Waals surface area contributed by atoms with Crippen LogP contribution in [0.5, 0.6) is 0 Å². The number of fused-ring (bicyclic) bond motifs is 1. The van der Waals surface area contributed by atoms with Gasteiger partial charge < -0.3 is 4.90 Å². The zero-order valence-electron chi connectivity index (χ0n) is 16.0. The van der Waals surface area contributed by atoms with Crippen molar-refractivity contribution >= 4 is 11.0 Å². The van der Waals surface area contributed by atoms with E-state index in [-0.39, 0.29) is 5.69 Å². The fourth-order valence-corrected chi connectivity index (χ4v) is 3.19. The van der Waals surface area contributed by atoms with Gasteiger partial charge in [0.05, 0.1) is 16.7 Å². The van der Waals surface area contributed by atoms with Crippen molar-refractivity contribution in [3.8, 4) is 0 Å². The summed E-state index contributed by atoms with van der Waals surface area (Å²) in [6, 6.07) is 12.3. The van der Waals surface area contributed by atoms with Gasteiger partial charge >= 0.3 is 5.69 Å². The average Bonchev–Trinajstić information content (AvgIpc) is 2.85. The molecule has 0 aliphatic heterocycles. The summed E-state index contributed by atoms with van der Waals surface area (Å²) in [6.07, 6.45) is 1.84. The van der Waals surface area contributed by atoms with E-state index in [1.54, 1.807) is 9.13 Å². The van der Waals surface area contributed by atoms with Crippen molar-refractivity contribution < 1.29 is 0 Å². The van der Waals surface area contributed by atoms with Crippen LogP contribution in [0.4, 0.5) is 0 Å². The number of imidazole rings is 1. The van der Waals surface area contributed by atoms with Crippen molar-refractivity contribution in [3.63, 3.8) is 0 Å². The summed E-state index contributed by atoms with van der Waals surface area (Å²) in [5.74, 6) is 0. The molecule has 0 fully saturated rings. The number of rotatable bonds is 7. The molecule has 0 aliphatic rings. The molecule has 0 N–H and O–H groups in total. The van der Waals surface area contributed by atoms with Crippen LogP contribution in [-0.2, 0) is 27.2 Å². The van der Waals surface area contributed by atoms with E-state index >= 15 is 0 Å². The molecule has 6 heteroatoms. The van der Waals surface area contributed by atoms with E-state index < -0.39 is 0 Å². The van der Waals surface area contributed by atoms with Crippen molar-refractivity contribution in [2.45, 2.75) is 13.1 Å². The minimum atomic E-state index is 0.00935. The summed E-state index contributed by atoms with van der Waals surface area (Å²) < 4.78 is 3.40. The minimum Gasteiger partial charge on any atom is -0.308 e. The fourth-order valence-electron chi connectivity index (χ4n) is 3.19. The van der Waals surface area contributed by atoms with Crippen LogP contribution in [0.15, 0.2) is 47.4 Å². The number of aromatic nitrogens is 3. The summed E-state index contributed by atoms with van der Waals surface area (Å²) in [5.41, 5.74) is 4.22. The first-order valence-electron chi connectivity index (χ1n) is 8.87. The summed E-state index contributed by atoms with van der Waals surface area (Å²) in [7, 11) is 7.82. The lowest BCUT2D eigenvalue weighted by Gasteiger charge is -2.24. The Morgan fingerprint density at radius 3 is 2.42 bits per heavy atom. The molecular formula is C20H27N5O. The molecule has 0 saturated carbocycles. The molecule has 0 atom stereocenters. The zero-order valence-corrected chi connectivity index (χ0v) is 16.0. The molecule has 2 heterocycles. The topological polar surface area (TPSA) is 46.3 Å². The van der Waals surface area contributed by atoms with E-state index in [0.29, 0.717) is 0 Å². The largest absolute Gasteiger partial charge is 0.328 e. The monoisotopic (exact) mass is 353 g/mol. The Hall–Kier alpha value is -2.44. The van der Waals surface area contributed by atoms with Crippen molar-refractivity contribution in [1.82, 2.24) is 23.9 Å². The van der Waals surface area contributed by atoms with Crippen LogP contribution < -0.4 is 5.69 Å². The van der Waals surface area contributed by atoms with Crippen LogP contribution in [0.3, 0.4) is 0 Å². The van der Waals surface area contributed by atoms with Gasteiger partial charge in [-0.05, 0) is 43.9 Å². The van der Waals surface area contributed by atoms with E-state index in [1.807, 2.05) is 38.5 Å². The molecule has 3 aromatic rings. The molecular weight excluding hydrogens is 326 g/mol. The second-order valence-electron chi connectivity index (χ2n) is 7.06. The maximum Gasteiger partial charge on any atom is 0.328 e. The molecule has 2 aromatic heterocycles. The molecule has 0 aliphatic carbocycles. The highest BCUT2D eigenvalue weighted by molar-refractivity contribution is 5.76. The molecule has 0 saturated heterocycles. The third-order valence-corrected chi connectivity index (χ3v) is 4.72. The zero-order chi connectivity index (χ0) is 18.7. The second kappa shape index (κ2) is 7.85. The van der Waals surface area contributed by atoms with Gasteiger partial charge in [-0.3, -0.25) is 19.0 Å². The highest BCUT2D eigenvalue weighted by atomic mass is 16.1. The highest BCUT2D eigenvalue weighted by Gasteiger charge is 2.12. The third-order valence-electron chi connectivity index (χ3n) is 4.72. The van der Waals surface area contributed by atoms with Crippen LogP contribution in [0.2, 0.25) is 0 Å². The van der Waals surface area contributed by atoms with Crippen molar-refractivity contribution in [2.24, 2.45) is 14.1 Å². The Kier molecular flexibility index (Phi) is 5.54. The number of hydrogen-bond acceptors (Lipinski definition) is 4. The van der Waals surface area contributed by atoms with Crippen LogP contribution in [0.1, 0.15) is 11.3 Å². The Labute approximate surface area is 154 Å². The molecule has 0 spiro atoms. The quantitative estimate of drug-likeness (QED) is 0.650. The van der Waals surface area contributed by atoms with Gasteiger partial charge in [-0.2, -0.15) is 0 Å². The maximum absolute atomic E-state index is 12.1. The Morgan fingerprint density at radius 1 is 0.962 bits per heavy atom. The molecule has 0 unspecified atom stereocenters. The summed E-state index contributed by atoms with van der Waals surface area (Å²) in [6.45, 7) is 3.57. The molecule has 6 nitrogen and oxygen atoms in total. The predicted molar refractivity (Wildman–Crippen MR) is 105 cm³/mol. The Balaban J connectivity index is 1.84. The van der Waals surface area contributed by atoms with Crippen molar-refractivity contribution in [3.05, 3.63) is 64.3 Å². The van der Waals surface area contributed by atoms with Gasteiger partial charge in [0.15, 0.2) is 0 Å². The molecule has 3 rings (SSSR count). The SMILES string of the molecule is CN(C)CCN(Cc1ccc2c(c1)n(C)c(=O)n2C)Cc1ccccn1. The van der Waals surface area contributed by atoms with Gasteiger partial charge in [0, 0.05) is 46.5 Å². The first kappa shape index (κ1) is 18.4. The molecule has 0 radical (unpaired) electrons. The van der Waals surface area contributed by atoms with E-state index in [1.165, 1.54) is 5.56 Å². The Bertz CT molecular complexity index is 927. The van der Waals surface area contributed by atoms with E-state index in [4.69, 9.17) is 0 Å². The smallest absolute Gasteiger partial charge is 0.308 e. The standard InChI is InChI=1S/C20H27N5O/c1-22(2)11-12-25(15-17-7-5-6-10-21-17)14-16-8-9-18-19(13-16)24(4)20(26)23(18)3/h5-10,13H,11-12,14-15H2,1-4H3. The van der Waals surface area contributed by atoms with Crippen LogP contribution in [0, 0.1) is 0 Å². The van der Waals surface area contributed by atoms with Crippen molar-refractivity contribution in [1.29, 1.82) is 0 Å².